The van der Waals surface area contributed by atoms with E-state index >= 15 is 0 Å². The van der Waals surface area contributed by atoms with E-state index in [9.17, 15) is 0 Å². The van der Waals surface area contributed by atoms with Crippen LogP contribution >= 0.6 is 11.5 Å². The smallest absolute Gasteiger partial charge is 0.205 e. The number of aromatic nitrogens is 2. The molecule has 1 fully saturated rings. The number of nitrogens with zero attached hydrogens (tertiary/aromatic N) is 3. The molecular weight excluding hydrogens is 250 g/mol. The Morgan fingerprint density at radius 2 is 2.17 bits per heavy atom. The van der Waals surface area contributed by atoms with Gasteiger partial charge in [0.1, 0.15) is 5.82 Å². The van der Waals surface area contributed by atoms with Gasteiger partial charge in [0.25, 0.3) is 0 Å². The maximum Gasteiger partial charge on any atom is 0.205 e. The first-order chi connectivity index (χ1) is 8.70. The lowest BCUT2D eigenvalue weighted by Gasteiger charge is -2.31. The molecule has 0 radical (unpaired) electrons. The molecule has 102 valence electrons. The number of piperidine rings is 1. The van der Waals surface area contributed by atoms with Gasteiger partial charge < -0.3 is 14.7 Å². The highest BCUT2D eigenvalue weighted by Crippen LogP contribution is 2.25. The fourth-order valence-electron chi connectivity index (χ4n) is 2.02. The summed E-state index contributed by atoms with van der Waals surface area (Å²) in [5, 5.41) is 9.76. The highest BCUT2D eigenvalue weighted by Gasteiger charge is 2.22. The minimum Gasteiger partial charge on any atom is -0.394 e. The van der Waals surface area contributed by atoms with Crippen LogP contribution in [0.15, 0.2) is 0 Å². The fourth-order valence-corrected chi connectivity index (χ4v) is 2.88. The predicted octanol–water partition coefficient (Wildman–Crippen LogP) is 1.64. The van der Waals surface area contributed by atoms with Crippen LogP contribution in [0.2, 0.25) is 0 Å². The third-order valence-corrected chi connectivity index (χ3v) is 3.90. The van der Waals surface area contributed by atoms with E-state index < -0.39 is 0 Å². The van der Waals surface area contributed by atoms with Gasteiger partial charge in [0, 0.05) is 30.5 Å². The van der Waals surface area contributed by atoms with E-state index in [1.165, 1.54) is 11.5 Å². The number of aliphatic hydroxyl groups is 1. The SMILES string of the molecule is CC(C)c1nsc(N2CCC(OCCO)CC2)n1. The van der Waals surface area contributed by atoms with Crippen LogP contribution in [-0.2, 0) is 4.74 Å². The molecule has 0 spiro atoms. The lowest BCUT2D eigenvalue weighted by atomic mass is 10.1. The lowest BCUT2D eigenvalue weighted by Crippen LogP contribution is -2.37. The number of hydrogen-bond donors (Lipinski definition) is 1. The molecule has 0 atom stereocenters. The molecule has 0 aromatic carbocycles. The van der Waals surface area contributed by atoms with Gasteiger partial charge in [-0.25, -0.2) is 4.98 Å². The Balaban J connectivity index is 1.85. The maximum atomic E-state index is 8.73. The number of hydrogen-bond acceptors (Lipinski definition) is 6. The van der Waals surface area contributed by atoms with E-state index in [-0.39, 0.29) is 12.7 Å². The largest absolute Gasteiger partial charge is 0.394 e. The fraction of sp³-hybridized carbons (Fsp3) is 0.833. The zero-order valence-electron chi connectivity index (χ0n) is 11.0. The molecule has 6 heteroatoms. The highest BCUT2D eigenvalue weighted by atomic mass is 32.1. The molecule has 1 aromatic rings. The first-order valence-electron chi connectivity index (χ1n) is 6.51. The van der Waals surface area contributed by atoms with Crippen LogP contribution in [0.25, 0.3) is 0 Å². The number of aliphatic hydroxyl groups excluding tert-OH is 1. The van der Waals surface area contributed by atoms with Crippen LogP contribution in [0.5, 0.6) is 0 Å². The Kier molecular flexibility index (Phi) is 4.91. The van der Waals surface area contributed by atoms with Crippen LogP contribution < -0.4 is 4.90 Å². The first kappa shape index (κ1) is 13.7. The van der Waals surface area contributed by atoms with Crippen LogP contribution in [0.4, 0.5) is 5.13 Å². The summed E-state index contributed by atoms with van der Waals surface area (Å²) in [6, 6.07) is 0. The van der Waals surface area contributed by atoms with Crippen LogP contribution in [0, 0.1) is 0 Å². The topological polar surface area (TPSA) is 58.5 Å². The molecule has 1 N–H and O–H groups in total. The molecule has 0 amide bonds. The Morgan fingerprint density at radius 3 is 2.72 bits per heavy atom. The molecule has 1 aliphatic rings. The van der Waals surface area contributed by atoms with Gasteiger partial charge in [0.2, 0.25) is 5.13 Å². The minimum absolute atomic E-state index is 0.106. The van der Waals surface area contributed by atoms with Crippen molar-refractivity contribution in [2.75, 3.05) is 31.2 Å². The van der Waals surface area contributed by atoms with Gasteiger partial charge in [-0.15, -0.1) is 0 Å². The molecule has 1 aliphatic heterocycles. The maximum absolute atomic E-state index is 8.73. The second-order valence-corrected chi connectivity index (χ2v) is 5.60. The Hall–Kier alpha value is -0.720. The standard InChI is InChI=1S/C12H21N3O2S/c1-9(2)11-13-12(18-14-11)15-5-3-10(4-6-15)17-8-7-16/h9-10,16H,3-8H2,1-2H3. The van der Waals surface area contributed by atoms with E-state index in [0.29, 0.717) is 12.5 Å². The molecule has 1 aromatic heterocycles. The minimum atomic E-state index is 0.106. The molecule has 5 nitrogen and oxygen atoms in total. The first-order valence-corrected chi connectivity index (χ1v) is 7.29. The monoisotopic (exact) mass is 271 g/mol. The molecule has 0 bridgehead atoms. The summed E-state index contributed by atoms with van der Waals surface area (Å²) in [5.74, 6) is 1.33. The van der Waals surface area contributed by atoms with E-state index in [2.05, 4.69) is 28.1 Å². The zero-order valence-corrected chi connectivity index (χ0v) is 11.8. The van der Waals surface area contributed by atoms with E-state index in [1.807, 2.05) is 0 Å². The average Bonchev–Trinajstić information content (AvgIpc) is 2.87. The molecule has 2 heterocycles. The van der Waals surface area contributed by atoms with Gasteiger partial charge in [-0.2, -0.15) is 4.37 Å². The number of ether oxygens (including phenoxy) is 1. The van der Waals surface area contributed by atoms with E-state index in [4.69, 9.17) is 9.84 Å². The predicted molar refractivity (Wildman–Crippen MR) is 72.3 cm³/mol. The molecule has 2 rings (SSSR count). The quantitative estimate of drug-likeness (QED) is 0.882. The van der Waals surface area contributed by atoms with Gasteiger partial charge >= 0.3 is 0 Å². The molecule has 18 heavy (non-hydrogen) atoms. The van der Waals surface area contributed by atoms with Crippen LogP contribution in [0.3, 0.4) is 0 Å². The summed E-state index contributed by atoms with van der Waals surface area (Å²) in [4.78, 5) is 6.85. The van der Waals surface area contributed by atoms with Gasteiger partial charge in [-0.05, 0) is 12.8 Å². The second-order valence-electron chi connectivity index (χ2n) is 4.87. The summed E-state index contributed by atoms with van der Waals surface area (Å²) < 4.78 is 9.93. The Labute approximate surface area is 112 Å². The van der Waals surface area contributed by atoms with Crippen molar-refractivity contribution in [3.63, 3.8) is 0 Å². The van der Waals surface area contributed by atoms with Gasteiger partial charge in [-0.3, -0.25) is 0 Å². The van der Waals surface area contributed by atoms with Crippen molar-refractivity contribution in [1.29, 1.82) is 0 Å². The summed E-state index contributed by atoms with van der Waals surface area (Å²) in [5.41, 5.74) is 0. The van der Waals surface area contributed by atoms with Crippen molar-refractivity contribution in [2.45, 2.75) is 38.7 Å². The Bertz CT molecular complexity index is 362. The van der Waals surface area contributed by atoms with Crippen molar-refractivity contribution < 1.29 is 9.84 Å². The van der Waals surface area contributed by atoms with Crippen molar-refractivity contribution in [2.24, 2.45) is 0 Å². The molecular formula is C12H21N3O2S. The van der Waals surface area contributed by atoms with Crippen molar-refractivity contribution >= 4 is 16.7 Å². The number of rotatable bonds is 5. The second kappa shape index (κ2) is 6.45. The highest BCUT2D eigenvalue weighted by molar-refractivity contribution is 7.09. The number of anilines is 1. The Morgan fingerprint density at radius 1 is 1.44 bits per heavy atom. The molecule has 1 saturated heterocycles. The summed E-state index contributed by atoms with van der Waals surface area (Å²) in [6.45, 7) is 6.70. The third-order valence-electron chi connectivity index (χ3n) is 3.10. The van der Waals surface area contributed by atoms with Crippen molar-refractivity contribution in [3.05, 3.63) is 5.82 Å². The van der Waals surface area contributed by atoms with E-state index in [1.54, 1.807) is 0 Å². The van der Waals surface area contributed by atoms with Crippen molar-refractivity contribution in [3.8, 4) is 0 Å². The van der Waals surface area contributed by atoms with Gasteiger partial charge in [0.05, 0.1) is 19.3 Å². The average molecular weight is 271 g/mol. The lowest BCUT2D eigenvalue weighted by molar-refractivity contribution is 0.0159. The summed E-state index contributed by atoms with van der Waals surface area (Å²) in [6.07, 6.45) is 2.28. The summed E-state index contributed by atoms with van der Waals surface area (Å²) in [7, 11) is 0. The zero-order chi connectivity index (χ0) is 13.0. The van der Waals surface area contributed by atoms with Gasteiger partial charge in [-0.1, -0.05) is 13.8 Å². The molecule has 0 saturated carbocycles. The van der Waals surface area contributed by atoms with Crippen LogP contribution in [-0.4, -0.2) is 46.9 Å². The third kappa shape index (κ3) is 3.40. The van der Waals surface area contributed by atoms with Crippen LogP contribution in [0.1, 0.15) is 38.4 Å². The van der Waals surface area contributed by atoms with Crippen molar-refractivity contribution in [1.82, 2.24) is 9.36 Å². The van der Waals surface area contributed by atoms with E-state index in [0.717, 1.165) is 36.9 Å². The summed E-state index contributed by atoms with van der Waals surface area (Å²) >= 11 is 1.49. The normalized spacial score (nSPS) is 17.7. The molecule has 0 aliphatic carbocycles. The molecule has 0 unspecified atom stereocenters. The van der Waals surface area contributed by atoms with Gasteiger partial charge in [0.15, 0.2) is 0 Å².